The molecule has 1 aliphatic rings. The van der Waals surface area contributed by atoms with Crippen LogP contribution >= 0.6 is 11.6 Å². The van der Waals surface area contributed by atoms with E-state index < -0.39 is 0 Å². The zero-order valence-electron chi connectivity index (χ0n) is 12.9. The molecule has 0 spiro atoms. The highest BCUT2D eigenvalue weighted by molar-refractivity contribution is 6.30. The van der Waals surface area contributed by atoms with Crippen LogP contribution in [0, 0.1) is 11.8 Å². The molecule has 1 aromatic carbocycles. The third-order valence-electron chi connectivity index (χ3n) is 4.55. The van der Waals surface area contributed by atoms with Gasteiger partial charge in [-0.15, -0.1) is 0 Å². The first kappa shape index (κ1) is 15.9. The van der Waals surface area contributed by atoms with Gasteiger partial charge in [0.15, 0.2) is 0 Å². The van der Waals surface area contributed by atoms with Crippen molar-refractivity contribution in [2.24, 2.45) is 11.8 Å². The maximum Gasteiger partial charge on any atom is 0.0408 e. The molecule has 112 valence electrons. The summed E-state index contributed by atoms with van der Waals surface area (Å²) in [7, 11) is 0. The summed E-state index contributed by atoms with van der Waals surface area (Å²) in [5.41, 5.74) is 1.37. The summed E-state index contributed by atoms with van der Waals surface area (Å²) in [6.07, 6.45) is 7.88. The molecule has 0 aliphatic heterocycles. The fourth-order valence-electron chi connectivity index (χ4n) is 3.50. The average molecular weight is 294 g/mol. The van der Waals surface area contributed by atoms with Gasteiger partial charge in [-0.2, -0.15) is 0 Å². The van der Waals surface area contributed by atoms with Crippen molar-refractivity contribution in [3.8, 4) is 0 Å². The molecule has 20 heavy (non-hydrogen) atoms. The van der Waals surface area contributed by atoms with Gasteiger partial charge in [0.2, 0.25) is 0 Å². The number of benzene rings is 1. The van der Waals surface area contributed by atoms with E-state index in [9.17, 15) is 0 Å². The minimum atomic E-state index is 0.608. The highest BCUT2D eigenvalue weighted by Crippen LogP contribution is 2.32. The van der Waals surface area contributed by atoms with Crippen LogP contribution in [0.5, 0.6) is 0 Å². The predicted molar refractivity (Wildman–Crippen MR) is 88.4 cm³/mol. The zero-order chi connectivity index (χ0) is 14.4. The summed E-state index contributed by atoms with van der Waals surface area (Å²) >= 11 is 6.12. The summed E-state index contributed by atoms with van der Waals surface area (Å²) in [6.45, 7) is 5.77. The Morgan fingerprint density at radius 1 is 1.35 bits per heavy atom. The van der Waals surface area contributed by atoms with Crippen LogP contribution in [0.2, 0.25) is 5.02 Å². The first-order chi connectivity index (χ1) is 9.69. The van der Waals surface area contributed by atoms with Crippen molar-refractivity contribution < 1.29 is 0 Å². The fourth-order valence-corrected chi connectivity index (χ4v) is 3.71. The molecule has 3 atom stereocenters. The highest BCUT2D eigenvalue weighted by atomic mass is 35.5. The van der Waals surface area contributed by atoms with Crippen molar-refractivity contribution in [2.45, 2.75) is 58.4 Å². The Hall–Kier alpha value is -0.530. The quantitative estimate of drug-likeness (QED) is 0.771. The molecule has 0 saturated heterocycles. The molecule has 1 fully saturated rings. The molecule has 1 aromatic rings. The second-order valence-corrected chi connectivity index (χ2v) is 6.86. The first-order valence-corrected chi connectivity index (χ1v) is 8.54. The van der Waals surface area contributed by atoms with Crippen LogP contribution in [0.1, 0.15) is 51.5 Å². The highest BCUT2D eigenvalue weighted by Gasteiger charge is 2.26. The van der Waals surface area contributed by atoms with E-state index in [1.54, 1.807) is 0 Å². The van der Waals surface area contributed by atoms with Gasteiger partial charge in [-0.05, 0) is 61.8 Å². The van der Waals surface area contributed by atoms with E-state index >= 15 is 0 Å². The topological polar surface area (TPSA) is 12.0 Å². The van der Waals surface area contributed by atoms with Gasteiger partial charge in [-0.25, -0.2) is 0 Å². The van der Waals surface area contributed by atoms with Gasteiger partial charge in [-0.1, -0.05) is 50.4 Å². The third kappa shape index (κ3) is 4.79. The summed E-state index contributed by atoms with van der Waals surface area (Å²) in [5.74, 6) is 1.71. The second-order valence-electron chi connectivity index (χ2n) is 6.43. The lowest BCUT2D eigenvalue weighted by molar-refractivity contribution is 0.221. The standard InChI is InChI=1S/C18H28ClN/c1-3-10-20-18(16-8-4-6-14(2)11-16)13-15-7-5-9-17(19)12-15/h5,7,9,12,14,16,18,20H,3-4,6,8,10-11,13H2,1-2H3. The third-order valence-corrected chi connectivity index (χ3v) is 4.78. The largest absolute Gasteiger partial charge is 0.313 e. The molecular formula is C18H28ClN. The number of hydrogen-bond acceptors (Lipinski definition) is 1. The molecule has 0 aromatic heterocycles. The Morgan fingerprint density at radius 3 is 2.90 bits per heavy atom. The molecule has 1 aliphatic carbocycles. The minimum Gasteiger partial charge on any atom is -0.313 e. The van der Waals surface area contributed by atoms with Crippen LogP contribution in [0.15, 0.2) is 24.3 Å². The molecule has 0 radical (unpaired) electrons. The average Bonchev–Trinajstić information content (AvgIpc) is 2.43. The predicted octanol–water partition coefficient (Wildman–Crippen LogP) is 5.08. The van der Waals surface area contributed by atoms with E-state index in [0.717, 1.165) is 29.8 Å². The van der Waals surface area contributed by atoms with Crippen molar-refractivity contribution >= 4 is 11.6 Å². The SMILES string of the molecule is CCCNC(Cc1cccc(Cl)c1)C1CCCC(C)C1. The van der Waals surface area contributed by atoms with Crippen molar-refractivity contribution in [3.63, 3.8) is 0 Å². The lowest BCUT2D eigenvalue weighted by Gasteiger charge is -2.34. The van der Waals surface area contributed by atoms with Crippen LogP contribution in [0.25, 0.3) is 0 Å². The van der Waals surface area contributed by atoms with Gasteiger partial charge < -0.3 is 5.32 Å². The molecule has 1 nitrogen and oxygen atoms in total. The van der Waals surface area contributed by atoms with E-state index in [4.69, 9.17) is 11.6 Å². The van der Waals surface area contributed by atoms with E-state index in [-0.39, 0.29) is 0 Å². The van der Waals surface area contributed by atoms with Crippen molar-refractivity contribution in [1.29, 1.82) is 0 Å². The van der Waals surface area contributed by atoms with Gasteiger partial charge in [0, 0.05) is 11.1 Å². The van der Waals surface area contributed by atoms with Crippen LogP contribution in [-0.4, -0.2) is 12.6 Å². The molecular weight excluding hydrogens is 266 g/mol. The number of halogens is 1. The molecule has 0 heterocycles. The van der Waals surface area contributed by atoms with Gasteiger partial charge >= 0.3 is 0 Å². The normalized spacial score (nSPS) is 24.6. The Labute approximate surface area is 129 Å². The Balaban J connectivity index is 2.02. The molecule has 2 rings (SSSR count). The van der Waals surface area contributed by atoms with Crippen LogP contribution in [-0.2, 0) is 6.42 Å². The summed E-state index contributed by atoms with van der Waals surface area (Å²) in [6, 6.07) is 8.96. The Kier molecular flexibility index (Phi) is 6.38. The van der Waals surface area contributed by atoms with E-state index in [1.165, 1.54) is 37.7 Å². The molecule has 0 bridgehead atoms. The van der Waals surface area contributed by atoms with Crippen LogP contribution in [0.3, 0.4) is 0 Å². The number of hydrogen-bond donors (Lipinski definition) is 1. The van der Waals surface area contributed by atoms with Gasteiger partial charge in [0.25, 0.3) is 0 Å². The molecule has 2 heteroatoms. The molecule has 1 saturated carbocycles. The van der Waals surface area contributed by atoms with E-state index in [1.807, 2.05) is 6.07 Å². The number of rotatable bonds is 6. The summed E-state index contributed by atoms with van der Waals surface area (Å²) in [5, 5.41) is 4.64. The lowest BCUT2D eigenvalue weighted by Crippen LogP contribution is -2.40. The van der Waals surface area contributed by atoms with Gasteiger partial charge in [-0.3, -0.25) is 0 Å². The second kappa shape index (κ2) is 8.05. The van der Waals surface area contributed by atoms with Crippen molar-refractivity contribution in [3.05, 3.63) is 34.9 Å². The molecule has 0 amide bonds. The monoisotopic (exact) mass is 293 g/mol. The maximum atomic E-state index is 6.12. The van der Waals surface area contributed by atoms with Gasteiger partial charge in [0.05, 0.1) is 0 Å². The summed E-state index contributed by atoms with van der Waals surface area (Å²) in [4.78, 5) is 0. The minimum absolute atomic E-state index is 0.608. The van der Waals surface area contributed by atoms with Crippen molar-refractivity contribution in [1.82, 2.24) is 5.32 Å². The van der Waals surface area contributed by atoms with E-state index in [2.05, 4.69) is 37.4 Å². The maximum absolute atomic E-state index is 6.12. The summed E-state index contributed by atoms with van der Waals surface area (Å²) < 4.78 is 0. The smallest absolute Gasteiger partial charge is 0.0408 e. The zero-order valence-corrected chi connectivity index (χ0v) is 13.6. The molecule has 1 N–H and O–H groups in total. The lowest BCUT2D eigenvalue weighted by atomic mass is 9.77. The van der Waals surface area contributed by atoms with Crippen LogP contribution in [0.4, 0.5) is 0 Å². The molecule has 3 unspecified atom stereocenters. The first-order valence-electron chi connectivity index (χ1n) is 8.17. The number of nitrogens with one attached hydrogen (secondary N) is 1. The Morgan fingerprint density at radius 2 is 2.20 bits per heavy atom. The van der Waals surface area contributed by atoms with E-state index in [0.29, 0.717) is 6.04 Å². The van der Waals surface area contributed by atoms with Crippen LogP contribution < -0.4 is 5.32 Å². The Bertz CT molecular complexity index is 404. The fraction of sp³-hybridized carbons (Fsp3) is 0.667. The van der Waals surface area contributed by atoms with Crippen molar-refractivity contribution in [2.75, 3.05) is 6.54 Å². The van der Waals surface area contributed by atoms with Gasteiger partial charge in [0.1, 0.15) is 0 Å².